The first-order valence-electron chi connectivity index (χ1n) is 7.31. The van der Waals surface area contributed by atoms with Gasteiger partial charge in [-0.1, -0.05) is 17.7 Å². The fraction of sp³-hybridized carbons (Fsp3) is 0.533. The Bertz CT molecular complexity index is 685. The van der Waals surface area contributed by atoms with Crippen LogP contribution < -0.4 is 15.4 Å². The molecule has 0 radical (unpaired) electrons. The number of ether oxygens (including phenoxy) is 1. The molecule has 0 saturated carbocycles. The van der Waals surface area contributed by atoms with E-state index in [1.807, 2.05) is 0 Å². The molecule has 6 nitrogen and oxygen atoms in total. The predicted molar refractivity (Wildman–Crippen MR) is 89.5 cm³/mol. The number of benzene rings is 1. The number of carbonyl (C=O) groups excluding carboxylic acids is 1. The summed E-state index contributed by atoms with van der Waals surface area (Å²) in [6, 6.07) is 5.18. The first kappa shape index (κ1) is 18.0. The van der Waals surface area contributed by atoms with Gasteiger partial charge in [0.25, 0.3) is 0 Å². The summed E-state index contributed by atoms with van der Waals surface area (Å²) in [6.45, 7) is 1.23. The lowest BCUT2D eigenvalue weighted by Gasteiger charge is -2.34. The maximum Gasteiger partial charge on any atom is 0.241 e. The number of rotatable bonds is 5. The quantitative estimate of drug-likeness (QED) is 0.822. The van der Waals surface area contributed by atoms with Crippen molar-refractivity contribution in [2.45, 2.75) is 24.1 Å². The number of amides is 1. The molecule has 0 bridgehead atoms. The van der Waals surface area contributed by atoms with E-state index in [2.05, 4.69) is 10.6 Å². The number of methoxy groups -OCH3 is 1. The second-order valence-corrected chi connectivity index (χ2v) is 8.40. The third-order valence-electron chi connectivity index (χ3n) is 4.20. The molecule has 1 heterocycles. The average Bonchev–Trinajstić information content (AvgIpc) is 2.52. The van der Waals surface area contributed by atoms with Crippen molar-refractivity contribution in [3.63, 3.8) is 0 Å². The minimum atomic E-state index is -3.51. The average molecular weight is 361 g/mol. The SMILES string of the molecule is COc1ccc(CNC(=O)C2(S(C)(=O)=O)CCNCC2)cc1Cl. The fourth-order valence-electron chi connectivity index (χ4n) is 2.76. The van der Waals surface area contributed by atoms with Gasteiger partial charge in [0.2, 0.25) is 5.91 Å². The van der Waals surface area contributed by atoms with Gasteiger partial charge in [-0.3, -0.25) is 4.79 Å². The second-order valence-electron chi connectivity index (χ2n) is 5.67. The minimum absolute atomic E-state index is 0.216. The molecule has 2 rings (SSSR count). The van der Waals surface area contributed by atoms with Crippen LogP contribution in [0.4, 0.5) is 0 Å². The summed E-state index contributed by atoms with van der Waals surface area (Å²) in [4.78, 5) is 12.6. The molecular formula is C15H21ClN2O4S. The van der Waals surface area contributed by atoms with Gasteiger partial charge in [0.05, 0.1) is 12.1 Å². The predicted octanol–water partition coefficient (Wildman–Crippen LogP) is 1.13. The Morgan fingerprint density at radius 1 is 1.39 bits per heavy atom. The van der Waals surface area contributed by atoms with Gasteiger partial charge >= 0.3 is 0 Å². The number of halogens is 1. The van der Waals surface area contributed by atoms with E-state index in [0.717, 1.165) is 11.8 Å². The summed E-state index contributed by atoms with van der Waals surface area (Å²) < 4.78 is 28.1. The first-order chi connectivity index (χ1) is 10.8. The molecule has 8 heteroatoms. The molecule has 1 amide bonds. The van der Waals surface area contributed by atoms with Gasteiger partial charge < -0.3 is 15.4 Å². The van der Waals surface area contributed by atoms with Crippen molar-refractivity contribution < 1.29 is 17.9 Å². The lowest BCUT2D eigenvalue weighted by molar-refractivity contribution is -0.124. The largest absolute Gasteiger partial charge is 0.495 e. The highest BCUT2D eigenvalue weighted by Gasteiger charge is 2.48. The Morgan fingerprint density at radius 2 is 2.04 bits per heavy atom. The van der Waals surface area contributed by atoms with E-state index in [1.165, 1.54) is 7.11 Å². The molecule has 2 N–H and O–H groups in total. The molecule has 1 saturated heterocycles. The van der Waals surface area contributed by atoms with Crippen LogP contribution >= 0.6 is 11.6 Å². The Kier molecular flexibility index (Phi) is 5.54. The van der Waals surface area contributed by atoms with Gasteiger partial charge in [-0.2, -0.15) is 0 Å². The maximum absolute atomic E-state index is 12.6. The monoisotopic (exact) mass is 360 g/mol. The van der Waals surface area contributed by atoms with E-state index >= 15 is 0 Å². The summed E-state index contributed by atoms with van der Waals surface area (Å²) in [5.74, 6) is 0.0983. The number of sulfone groups is 1. The van der Waals surface area contributed by atoms with Gasteiger partial charge in [-0.05, 0) is 43.6 Å². The molecule has 128 valence electrons. The molecule has 1 aliphatic rings. The summed E-state index contributed by atoms with van der Waals surface area (Å²) >= 11 is 6.05. The zero-order valence-electron chi connectivity index (χ0n) is 13.2. The van der Waals surface area contributed by atoms with Crippen LogP contribution in [-0.4, -0.2) is 45.5 Å². The smallest absolute Gasteiger partial charge is 0.241 e. The summed E-state index contributed by atoms with van der Waals surface area (Å²) in [6.07, 6.45) is 1.68. The van der Waals surface area contributed by atoms with E-state index in [9.17, 15) is 13.2 Å². The van der Waals surface area contributed by atoms with Crippen LogP contribution in [0.15, 0.2) is 18.2 Å². The van der Waals surface area contributed by atoms with Crippen molar-refractivity contribution in [1.29, 1.82) is 0 Å². The molecule has 1 aliphatic heterocycles. The summed E-state index contributed by atoms with van der Waals surface area (Å²) in [5.41, 5.74) is 0.779. The summed E-state index contributed by atoms with van der Waals surface area (Å²) in [7, 11) is -1.98. The van der Waals surface area contributed by atoms with Crippen molar-refractivity contribution in [2.75, 3.05) is 26.5 Å². The number of carbonyl (C=O) groups is 1. The standard InChI is InChI=1S/C15H21ClN2O4S/c1-22-13-4-3-11(9-12(13)16)10-18-14(19)15(23(2,20)21)5-7-17-8-6-15/h3-4,9,17H,5-8,10H2,1-2H3,(H,18,19). The van der Waals surface area contributed by atoms with E-state index in [1.54, 1.807) is 18.2 Å². The number of piperidine rings is 1. The molecule has 1 aromatic carbocycles. The Balaban J connectivity index is 2.12. The Morgan fingerprint density at radius 3 is 2.57 bits per heavy atom. The third-order valence-corrected chi connectivity index (χ3v) is 6.51. The highest BCUT2D eigenvalue weighted by atomic mass is 35.5. The molecule has 23 heavy (non-hydrogen) atoms. The summed E-state index contributed by atoms with van der Waals surface area (Å²) in [5, 5.41) is 6.26. The van der Waals surface area contributed by atoms with Gasteiger partial charge in [-0.15, -0.1) is 0 Å². The van der Waals surface area contributed by atoms with Crippen molar-refractivity contribution in [3.8, 4) is 5.75 Å². The maximum atomic E-state index is 12.6. The van der Waals surface area contributed by atoms with Crippen LogP contribution in [0, 0.1) is 0 Å². The van der Waals surface area contributed by atoms with E-state index < -0.39 is 20.5 Å². The second kappa shape index (κ2) is 7.07. The molecule has 0 aliphatic carbocycles. The van der Waals surface area contributed by atoms with Crippen molar-refractivity contribution >= 4 is 27.3 Å². The topological polar surface area (TPSA) is 84.5 Å². The molecule has 0 atom stereocenters. The van der Waals surface area contributed by atoms with Crippen molar-refractivity contribution in [2.24, 2.45) is 0 Å². The molecule has 1 aromatic rings. The lowest BCUT2D eigenvalue weighted by atomic mass is 9.95. The highest BCUT2D eigenvalue weighted by molar-refractivity contribution is 7.92. The van der Waals surface area contributed by atoms with Gasteiger partial charge in [0, 0.05) is 12.8 Å². The van der Waals surface area contributed by atoms with Crippen molar-refractivity contribution in [3.05, 3.63) is 28.8 Å². The number of hydrogen-bond acceptors (Lipinski definition) is 5. The van der Waals surface area contributed by atoms with Crippen LogP contribution in [-0.2, 0) is 21.2 Å². The van der Waals surface area contributed by atoms with Crippen molar-refractivity contribution in [1.82, 2.24) is 10.6 Å². The number of nitrogens with one attached hydrogen (secondary N) is 2. The molecule has 1 fully saturated rings. The minimum Gasteiger partial charge on any atom is -0.495 e. The fourth-order valence-corrected chi connectivity index (χ4v) is 4.40. The zero-order chi connectivity index (χ0) is 17.1. The number of hydrogen-bond donors (Lipinski definition) is 2. The molecule has 0 unspecified atom stereocenters. The van der Waals surface area contributed by atoms with Crippen LogP contribution in [0.1, 0.15) is 18.4 Å². The third kappa shape index (κ3) is 3.79. The van der Waals surface area contributed by atoms with Crippen LogP contribution in [0.2, 0.25) is 5.02 Å². The molecule has 0 aromatic heterocycles. The van der Waals surface area contributed by atoms with Gasteiger partial charge in [0.1, 0.15) is 5.75 Å². The molecular weight excluding hydrogens is 340 g/mol. The van der Waals surface area contributed by atoms with E-state index in [0.29, 0.717) is 23.9 Å². The van der Waals surface area contributed by atoms with Gasteiger partial charge in [-0.25, -0.2) is 8.42 Å². The van der Waals surface area contributed by atoms with Crippen LogP contribution in [0.3, 0.4) is 0 Å². The normalized spacial score (nSPS) is 17.5. The zero-order valence-corrected chi connectivity index (χ0v) is 14.8. The van der Waals surface area contributed by atoms with Crippen LogP contribution in [0.25, 0.3) is 0 Å². The Hall–Kier alpha value is -1.31. The highest BCUT2D eigenvalue weighted by Crippen LogP contribution is 2.28. The molecule has 0 spiro atoms. The Labute approximate surface area is 141 Å². The first-order valence-corrected chi connectivity index (χ1v) is 9.58. The van der Waals surface area contributed by atoms with Gasteiger partial charge in [0.15, 0.2) is 14.6 Å². The van der Waals surface area contributed by atoms with Crippen LogP contribution in [0.5, 0.6) is 5.75 Å². The lowest BCUT2D eigenvalue weighted by Crippen LogP contribution is -2.57. The van der Waals surface area contributed by atoms with E-state index in [4.69, 9.17) is 16.3 Å². The van der Waals surface area contributed by atoms with E-state index in [-0.39, 0.29) is 19.4 Å².